The Bertz CT molecular complexity index is 1090. The number of rotatable bonds is 4. The van der Waals surface area contributed by atoms with Crippen molar-refractivity contribution in [3.8, 4) is 5.75 Å². The molecule has 3 aromatic rings. The third-order valence-electron chi connectivity index (χ3n) is 5.95. The van der Waals surface area contributed by atoms with Gasteiger partial charge in [0.2, 0.25) is 5.91 Å². The van der Waals surface area contributed by atoms with Gasteiger partial charge in [-0.25, -0.2) is 0 Å². The molecule has 1 fully saturated rings. The lowest BCUT2D eigenvalue weighted by Gasteiger charge is -2.27. The van der Waals surface area contributed by atoms with Crippen LogP contribution >= 0.6 is 0 Å². The highest BCUT2D eigenvalue weighted by molar-refractivity contribution is 6.15. The monoisotopic (exact) mass is 382 g/mol. The molecule has 0 aromatic heterocycles. The van der Waals surface area contributed by atoms with E-state index in [9.17, 15) is 4.79 Å². The number of para-hydroxylation sites is 1. The second kappa shape index (κ2) is 6.89. The summed E-state index contributed by atoms with van der Waals surface area (Å²) in [6.45, 7) is 1.23. The van der Waals surface area contributed by atoms with Crippen LogP contribution < -0.4 is 4.74 Å². The van der Waals surface area contributed by atoms with Crippen LogP contribution in [0.1, 0.15) is 23.1 Å². The molecule has 144 valence electrons. The van der Waals surface area contributed by atoms with Gasteiger partial charge in [-0.05, 0) is 34.9 Å². The zero-order valence-corrected chi connectivity index (χ0v) is 16.3. The molecular formula is C25H22N2O2. The van der Waals surface area contributed by atoms with E-state index in [1.807, 2.05) is 65.6 Å². The maximum atomic E-state index is 13.1. The van der Waals surface area contributed by atoms with Crippen molar-refractivity contribution >= 4 is 17.3 Å². The number of aliphatic imine (C=N–C) groups is 1. The molecule has 0 N–H and O–H groups in total. The number of hydrogen-bond acceptors (Lipinski definition) is 3. The maximum absolute atomic E-state index is 13.1. The summed E-state index contributed by atoms with van der Waals surface area (Å²) in [4.78, 5) is 20.0. The zero-order chi connectivity index (χ0) is 19.8. The lowest BCUT2D eigenvalue weighted by molar-refractivity contribution is -0.128. The summed E-state index contributed by atoms with van der Waals surface area (Å²) in [6.07, 6.45) is 0.452. The van der Waals surface area contributed by atoms with Gasteiger partial charge in [-0.2, -0.15) is 0 Å². The summed E-state index contributed by atoms with van der Waals surface area (Å²) < 4.78 is 5.24. The highest BCUT2D eigenvalue weighted by Crippen LogP contribution is 2.48. The van der Waals surface area contributed by atoms with Crippen LogP contribution in [0.3, 0.4) is 0 Å². The molecular weight excluding hydrogens is 360 g/mol. The van der Waals surface area contributed by atoms with Crippen LogP contribution in [0.25, 0.3) is 0 Å². The average molecular weight is 382 g/mol. The number of amides is 1. The number of benzene rings is 3. The Kier molecular flexibility index (Phi) is 4.20. The molecule has 0 bridgehead atoms. The molecule has 29 heavy (non-hydrogen) atoms. The summed E-state index contributed by atoms with van der Waals surface area (Å²) in [6, 6.07) is 26.4. The first-order valence-electron chi connectivity index (χ1n) is 9.84. The quantitative estimate of drug-likeness (QED) is 0.667. The number of likely N-dealkylation sites (tertiary alicyclic amines) is 1. The van der Waals surface area contributed by atoms with Crippen LogP contribution in [0.15, 0.2) is 83.9 Å². The topological polar surface area (TPSA) is 41.9 Å². The van der Waals surface area contributed by atoms with Crippen LogP contribution in [0.2, 0.25) is 0 Å². The Morgan fingerprint density at radius 1 is 0.966 bits per heavy atom. The Morgan fingerprint density at radius 2 is 1.69 bits per heavy atom. The van der Waals surface area contributed by atoms with Gasteiger partial charge in [-0.1, -0.05) is 60.7 Å². The van der Waals surface area contributed by atoms with Crippen molar-refractivity contribution in [1.82, 2.24) is 4.90 Å². The van der Waals surface area contributed by atoms with E-state index in [0.717, 1.165) is 33.8 Å². The van der Waals surface area contributed by atoms with E-state index < -0.39 is 0 Å². The maximum Gasteiger partial charge on any atom is 0.224 e. The van der Waals surface area contributed by atoms with Gasteiger partial charge in [-0.3, -0.25) is 9.79 Å². The Hall–Kier alpha value is -3.40. The van der Waals surface area contributed by atoms with Crippen molar-refractivity contribution in [2.75, 3.05) is 13.7 Å². The molecule has 0 saturated carbocycles. The molecule has 3 aromatic carbocycles. The molecule has 1 saturated heterocycles. The van der Waals surface area contributed by atoms with Crippen LogP contribution in [0.5, 0.6) is 5.75 Å². The van der Waals surface area contributed by atoms with Gasteiger partial charge in [0.1, 0.15) is 5.75 Å². The zero-order valence-electron chi connectivity index (χ0n) is 16.3. The molecule has 0 aliphatic carbocycles. The highest BCUT2D eigenvalue weighted by Gasteiger charge is 2.51. The molecule has 2 heterocycles. The molecule has 5 rings (SSSR count). The SMILES string of the molecule is COc1ccc(CN2CC3(CC2=O)C(c2ccccc2)=Nc2ccccc23)cc1. The van der Waals surface area contributed by atoms with E-state index in [-0.39, 0.29) is 11.3 Å². The predicted octanol–water partition coefficient (Wildman–Crippen LogP) is 4.50. The van der Waals surface area contributed by atoms with Crippen LogP contribution in [0, 0.1) is 0 Å². The third-order valence-corrected chi connectivity index (χ3v) is 5.95. The fourth-order valence-corrected chi connectivity index (χ4v) is 4.54. The first-order chi connectivity index (χ1) is 14.2. The fourth-order valence-electron chi connectivity index (χ4n) is 4.54. The van der Waals surface area contributed by atoms with E-state index in [4.69, 9.17) is 9.73 Å². The summed E-state index contributed by atoms with van der Waals surface area (Å²) >= 11 is 0. The summed E-state index contributed by atoms with van der Waals surface area (Å²) in [5.41, 5.74) is 4.94. The minimum Gasteiger partial charge on any atom is -0.497 e. The Balaban J connectivity index is 1.51. The molecule has 1 atom stereocenters. The molecule has 1 unspecified atom stereocenters. The van der Waals surface area contributed by atoms with Crippen LogP contribution in [0.4, 0.5) is 5.69 Å². The molecule has 2 aliphatic rings. The van der Waals surface area contributed by atoms with Gasteiger partial charge >= 0.3 is 0 Å². The van der Waals surface area contributed by atoms with E-state index >= 15 is 0 Å². The minimum atomic E-state index is -0.387. The first-order valence-corrected chi connectivity index (χ1v) is 9.84. The average Bonchev–Trinajstić information content (AvgIpc) is 3.26. The number of hydrogen-bond donors (Lipinski definition) is 0. The van der Waals surface area contributed by atoms with Crippen molar-refractivity contribution in [1.29, 1.82) is 0 Å². The third kappa shape index (κ3) is 2.92. The van der Waals surface area contributed by atoms with Gasteiger partial charge in [0.15, 0.2) is 0 Å². The van der Waals surface area contributed by atoms with Crippen LogP contribution in [-0.4, -0.2) is 30.2 Å². The Labute approximate surface area is 170 Å². The molecule has 0 radical (unpaired) electrons. The summed E-state index contributed by atoms with van der Waals surface area (Å²) in [5.74, 6) is 0.988. The van der Waals surface area contributed by atoms with Crippen molar-refractivity contribution in [2.24, 2.45) is 4.99 Å². The number of fused-ring (bicyclic) bond motifs is 2. The van der Waals surface area contributed by atoms with Crippen LogP contribution in [-0.2, 0) is 16.8 Å². The van der Waals surface area contributed by atoms with Gasteiger partial charge in [0.05, 0.1) is 23.9 Å². The molecule has 2 aliphatic heterocycles. The largest absolute Gasteiger partial charge is 0.497 e. The van der Waals surface area contributed by atoms with Crippen molar-refractivity contribution < 1.29 is 9.53 Å². The lowest BCUT2D eigenvalue weighted by Crippen LogP contribution is -2.37. The smallest absolute Gasteiger partial charge is 0.224 e. The number of carbonyl (C=O) groups excluding carboxylic acids is 1. The number of nitrogens with zero attached hydrogens (tertiary/aromatic N) is 2. The summed E-state index contributed by atoms with van der Waals surface area (Å²) in [7, 11) is 1.66. The van der Waals surface area contributed by atoms with Crippen molar-refractivity contribution in [3.05, 3.63) is 95.6 Å². The minimum absolute atomic E-state index is 0.168. The summed E-state index contributed by atoms with van der Waals surface area (Å²) in [5, 5.41) is 0. The van der Waals surface area contributed by atoms with E-state index in [2.05, 4.69) is 18.2 Å². The fraction of sp³-hybridized carbons (Fsp3) is 0.200. The normalized spacial score (nSPS) is 20.1. The number of ether oxygens (including phenoxy) is 1. The first kappa shape index (κ1) is 17.7. The second-order valence-corrected chi connectivity index (χ2v) is 7.70. The second-order valence-electron chi connectivity index (χ2n) is 7.70. The highest BCUT2D eigenvalue weighted by atomic mass is 16.5. The van der Waals surface area contributed by atoms with Gasteiger partial charge in [-0.15, -0.1) is 0 Å². The molecule has 1 spiro atoms. The number of carbonyl (C=O) groups is 1. The van der Waals surface area contributed by atoms with E-state index in [1.54, 1.807) is 7.11 Å². The Morgan fingerprint density at radius 3 is 2.45 bits per heavy atom. The van der Waals surface area contributed by atoms with Crippen molar-refractivity contribution in [2.45, 2.75) is 18.4 Å². The number of methoxy groups -OCH3 is 1. The van der Waals surface area contributed by atoms with Crippen molar-refractivity contribution in [3.63, 3.8) is 0 Å². The lowest BCUT2D eigenvalue weighted by atomic mass is 9.74. The molecule has 1 amide bonds. The van der Waals surface area contributed by atoms with Gasteiger partial charge < -0.3 is 9.64 Å². The van der Waals surface area contributed by atoms with Gasteiger partial charge in [0.25, 0.3) is 0 Å². The molecule has 4 nitrogen and oxygen atoms in total. The van der Waals surface area contributed by atoms with E-state index in [1.165, 1.54) is 0 Å². The van der Waals surface area contributed by atoms with Gasteiger partial charge in [0, 0.05) is 19.5 Å². The van der Waals surface area contributed by atoms with E-state index in [0.29, 0.717) is 19.5 Å². The standard InChI is InChI=1S/C25H22N2O2/c1-29-20-13-11-18(12-14-20)16-27-17-25(15-23(27)28)21-9-5-6-10-22(21)26-24(25)19-7-3-2-4-8-19/h2-14H,15-17H2,1H3. The predicted molar refractivity (Wildman–Crippen MR) is 114 cm³/mol. The molecule has 4 heteroatoms.